The summed E-state index contributed by atoms with van der Waals surface area (Å²) < 4.78 is 6.72. The Labute approximate surface area is 133 Å². The molecule has 1 aliphatic heterocycles. The highest BCUT2D eigenvalue weighted by atomic mass is 79.9. The zero-order valence-corrected chi connectivity index (χ0v) is 13.2. The minimum atomic E-state index is 0.219. The van der Waals surface area contributed by atoms with Crippen LogP contribution in [0.25, 0.3) is 6.08 Å². The first-order chi connectivity index (χ1) is 10.3. The zero-order chi connectivity index (χ0) is 14.5. The highest BCUT2D eigenvalue weighted by Gasteiger charge is 2.17. The van der Waals surface area contributed by atoms with E-state index in [4.69, 9.17) is 4.74 Å². The third-order valence-electron chi connectivity index (χ3n) is 3.34. The molecule has 0 aliphatic carbocycles. The van der Waals surface area contributed by atoms with Crippen molar-refractivity contribution < 1.29 is 4.74 Å². The predicted octanol–water partition coefficient (Wildman–Crippen LogP) is 4.50. The van der Waals surface area contributed by atoms with E-state index in [-0.39, 0.29) is 6.04 Å². The van der Waals surface area contributed by atoms with Gasteiger partial charge in [-0.1, -0.05) is 58.4 Å². The fourth-order valence-corrected chi connectivity index (χ4v) is 2.52. The molecule has 1 atom stereocenters. The summed E-state index contributed by atoms with van der Waals surface area (Å²) in [4.78, 5) is 4.61. The van der Waals surface area contributed by atoms with E-state index in [0.29, 0.717) is 6.61 Å². The first kappa shape index (κ1) is 14.1. The van der Waals surface area contributed by atoms with Crippen molar-refractivity contribution in [3.63, 3.8) is 0 Å². The third kappa shape index (κ3) is 4.05. The number of benzene rings is 2. The minimum absolute atomic E-state index is 0.219. The Kier molecular flexibility index (Phi) is 4.51. The molecule has 0 aromatic heterocycles. The SMILES string of the molecule is Brc1ccc(/C=C/C2=N[C@@H](Cc3ccccc3)CO2)cc1. The summed E-state index contributed by atoms with van der Waals surface area (Å²) in [6, 6.07) is 18.8. The van der Waals surface area contributed by atoms with Crippen LogP contribution in [0.3, 0.4) is 0 Å². The first-order valence-electron chi connectivity index (χ1n) is 6.98. The quantitative estimate of drug-likeness (QED) is 0.802. The van der Waals surface area contributed by atoms with Crippen LogP contribution in [0, 0.1) is 0 Å². The lowest BCUT2D eigenvalue weighted by Gasteiger charge is -2.03. The van der Waals surface area contributed by atoms with Crippen LogP contribution in [0.2, 0.25) is 0 Å². The molecule has 0 bridgehead atoms. The number of hydrogen-bond acceptors (Lipinski definition) is 2. The largest absolute Gasteiger partial charge is 0.476 e. The number of ether oxygens (including phenoxy) is 1. The van der Waals surface area contributed by atoms with Gasteiger partial charge in [-0.05, 0) is 35.8 Å². The molecule has 0 radical (unpaired) electrons. The number of hydrogen-bond donors (Lipinski definition) is 0. The van der Waals surface area contributed by atoms with Crippen LogP contribution < -0.4 is 0 Å². The van der Waals surface area contributed by atoms with Crippen LogP contribution in [0.15, 0.2) is 70.1 Å². The standard InChI is InChI=1S/C18H16BrNO/c19-16-9-6-14(7-10-16)8-11-18-20-17(13-21-18)12-15-4-2-1-3-5-15/h1-11,17H,12-13H2/b11-8+/t17-/m0/s1. The van der Waals surface area contributed by atoms with Gasteiger partial charge in [-0.15, -0.1) is 0 Å². The summed E-state index contributed by atoms with van der Waals surface area (Å²) in [5.41, 5.74) is 2.43. The Morgan fingerprint density at radius 2 is 1.81 bits per heavy atom. The molecule has 2 nitrogen and oxygen atoms in total. The van der Waals surface area contributed by atoms with Crippen LogP contribution in [-0.2, 0) is 11.2 Å². The van der Waals surface area contributed by atoms with Crippen molar-refractivity contribution >= 4 is 27.9 Å². The van der Waals surface area contributed by atoms with E-state index in [2.05, 4.69) is 57.3 Å². The van der Waals surface area contributed by atoms with Gasteiger partial charge in [-0.3, -0.25) is 0 Å². The summed E-state index contributed by atoms with van der Waals surface area (Å²) in [6.07, 6.45) is 4.89. The van der Waals surface area contributed by atoms with Gasteiger partial charge in [-0.2, -0.15) is 0 Å². The van der Waals surface area contributed by atoms with E-state index in [9.17, 15) is 0 Å². The van der Waals surface area contributed by atoms with Crippen LogP contribution in [0.5, 0.6) is 0 Å². The summed E-state index contributed by atoms with van der Waals surface area (Å²) in [5.74, 6) is 0.721. The molecule has 1 heterocycles. The van der Waals surface area contributed by atoms with Gasteiger partial charge in [-0.25, -0.2) is 4.99 Å². The summed E-state index contributed by atoms with van der Waals surface area (Å²) >= 11 is 3.43. The van der Waals surface area contributed by atoms with Crippen molar-refractivity contribution in [1.29, 1.82) is 0 Å². The highest BCUT2D eigenvalue weighted by molar-refractivity contribution is 9.10. The second kappa shape index (κ2) is 6.72. The van der Waals surface area contributed by atoms with Gasteiger partial charge in [0.2, 0.25) is 5.90 Å². The van der Waals surface area contributed by atoms with Gasteiger partial charge in [0, 0.05) is 10.5 Å². The zero-order valence-electron chi connectivity index (χ0n) is 11.6. The Morgan fingerprint density at radius 1 is 1.05 bits per heavy atom. The summed E-state index contributed by atoms with van der Waals surface area (Å²) in [7, 11) is 0. The van der Waals surface area contributed by atoms with Crippen molar-refractivity contribution in [3.05, 3.63) is 76.3 Å². The molecule has 1 aliphatic rings. The average molecular weight is 342 g/mol. The second-order valence-corrected chi connectivity index (χ2v) is 5.92. The van der Waals surface area contributed by atoms with Crippen LogP contribution in [0.1, 0.15) is 11.1 Å². The predicted molar refractivity (Wildman–Crippen MR) is 90.5 cm³/mol. The molecule has 0 fully saturated rings. The molecular formula is C18H16BrNO. The van der Waals surface area contributed by atoms with Crippen molar-refractivity contribution in [3.8, 4) is 0 Å². The van der Waals surface area contributed by atoms with Gasteiger partial charge < -0.3 is 4.74 Å². The monoisotopic (exact) mass is 341 g/mol. The number of nitrogens with zero attached hydrogens (tertiary/aromatic N) is 1. The Hall–Kier alpha value is -1.87. The lowest BCUT2D eigenvalue weighted by atomic mass is 10.1. The third-order valence-corrected chi connectivity index (χ3v) is 3.86. The normalized spacial score (nSPS) is 17.8. The maximum Gasteiger partial charge on any atom is 0.209 e. The van der Waals surface area contributed by atoms with E-state index in [0.717, 1.165) is 22.4 Å². The topological polar surface area (TPSA) is 21.6 Å². The molecule has 2 aromatic carbocycles. The molecule has 21 heavy (non-hydrogen) atoms. The number of rotatable bonds is 4. The van der Waals surface area contributed by atoms with E-state index in [1.807, 2.05) is 30.4 Å². The molecule has 0 spiro atoms. The highest BCUT2D eigenvalue weighted by Crippen LogP contribution is 2.14. The maximum absolute atomic E-state index is 5.64. The molecule has 2 aromatic rings. The summed E-state index contributed by atoms with van der Waals surface area (Å²) in [5, 5.41) is 0. The van der Waals surface area contributed by atoms with Gasteiger partial charge in [0.15, 0.2) is 0 Å². The van der Waals surface area contributed by atoms with Crippen molar-refractivity contribution in [1.82, 2.24) is 0 Å². The molecule has 0 N–H and O–H groups in total. The van der Waals surface area contributed by atoms with E-state index in [1.165, 1.54) is 5.56 Å². The minimum Gasteiger partial charge on any atom is -0.476 e. The maximum atomic E-state index is 5.64. The van der Waals surface area contributed by atoms with Crippen LogP contribution in [0.4, 0.5) is 0 Å². The lowest BCUT2D eigenvalue weighted by Crippen LogP contribution is -2.09. The van der Waals surface area contributed by atoms with Crippen molar-refractivity contribution in [2.24, 2.45) is 4.99 Å². The Balaban J connectivity index is 1.62. The van der Waals surface area contributed by atoms with Gasteiger partial charge in [0.25, 0.3) is 0 Å². The van der Waals surface area contributed by atoms with Gasteiger partial charge in [0.1, 0.15) is 6.61 Å². The van der Waals surface area contributed by atoms with Gasteiger partial charge >= 0.3 is 0 Å². The average Bonchev–Trinajstić information content (AvgIpc) is 2.95. The molecule has 106 valence electrons. The molecule has 3 rings (SSSR count). The van der Waals surface area contributed by atoms with Crippen molar-refractivity contribution in [2.75, 3.05) is 6.61 Å². The van der Waals surface area contributed by atoms with Crippen molar-refractivity contribution in [2.45, 2.75) is 12.5 Å². The Morgan fingerprint density at radius 3 is 2.57 bits per heavy atom. The van der Waals surface area contributed by atoms with E-state index in [1.54, 1.807) is 0 Å². The van der Waals surface area contributed by atoms with E-state index < -0.39 is 0 Å². The van der Waals surface area contributed by atoms with Gasteiger partial charge in [0.05, 0.1) is 6.04 Å². The second-order valence-electron chi connectivity index (χ2n) is 5.01. The molecule has 0 saturated heterocycles. The molecule has 0 saturated carbocycles. The smallest absolute Gasteiger partial charge is 0.209 e. The van der Waals surface area contributed by atoms with E-state index >= 15 is 0 Å². The fraction of sp³-hybridized carbons (Fsp3) is 0.167. The first-order valence-corrected chi connectivity index (χ1v) is 7.77. The Bertz CT molecular complexity index is 647. The number of halogens is 1. The van der Waals surface area contributed by atoms with Crippen LogP contribution in [-0.4, -0.2) is 18.5 Å². The molecule has 0 unspecified atom stereocenters. The lowest BCUT2D eigenvalue weighted by molar-refractivity contribution is 0.318. The molecule has 0 amide bonds. The summed E-state index contributed by atoms with van der Waals surface area (Å²) in [6.45, 7) is 0.662. The molecular weight excluding hydrogens is 326 g/mol. The number of aliphatic imine (C=N–C) groups is 1. The molecule has 3 heteroatoms. The fourth-order valence-electron chi connectivity index (χ4n) is 2.26. The van der Waals surface area contributed by atoms with Crippen LogP contribution >= 0.6 is 15.9 Å².